The SMILES string of the molecule is CC(C)(C(O)c1cccc2ncccc12)N1CCOCC1. The molecule has 2 aromatic rings. The summed E-state index contributed by atoms with van der Waals surface area (Å²) in [7, 11) is 0. The topological polar surface area (TPSA) is 45.6 Å². The average Bonchev–Trinajstić information content (AvgIpc) is 2.54. The van der Waals surface area contributed by atoms with E-state index >= 15 is 0 Å². The van der Waals surface area contributed by atoms with Crippen molar-refractivity contribution >= 4 is 10.9 Å². The first-order valence-electron chi connectivity index (χ1n) is 7.45. The standard InChI is InChI=1S/C17H22N2O2/c1-17(2,19-9-11-21-12-10-19)16(20)14-5-3-7-15-13(14)6-4-8-18-15/h3-8,16,20H,9-12H2,1-2H3. The zero-order valence-electron chi connectivity index (χ0n) is 12.6. The lowest BCUT2D eigenvalue weighted by molar-refractivity contribution is -0.0626. The first-order valence-corrected chi connectivity index (χ1v) is 7.45. The molecule has 0 spiro atoms. The Morgan fingerprint density at radius 3 is 2.71 bits per heavy atom. The summed E-state index contributed by atoms with van der Waals surface area (Å²) >= 11 is 0. The molecule has 0 bridgehead atoms. The van der Waals surface area contributed by atoms with Crippen LogP contribution in [0.5, 0.6) is 0 Å². The molecule has 112 valence electrons. The predicted octanol–water partition coefficient (Wildman–Crippen LogP) is 2.38. The molecular weight excluding hydrogens is 264 g/mol. The van der Waals surface area contributed by atoms with Crippen molar-refractivity contribution < 1.29 is 9.84 Å². The molecule has 1 aliphatic rings. The molecule has 1 N–H and O–H groups in total. The van der Waals surface area contributed by atoms with Crippen LogP contribution in [0.2, 0.25) is 0 Å². The highest BCUT2D eigenvalue weighted by atomic mass is 16.5. The number of fused-ring (bicyclic) bond motifs is 1. The second-order valence-corrected chi connectivity index (χ2v) is 6.07. The lowest BCUT2D eigenvalue weighted by atomic mass is 9.87. The maximum atomic E-state index is 11.0. The zero-order chi connectivity index (χ0) is 14.9. The Morgan fingerprint density at radius 2 is 1.95 bits per heavy atom. The Bertz CT molecular complexity index is 616. The third-order valence-corrected chi connectivity index (χ3v) is 4.47. The van der Waals surface area contributed by atoms with Crippen molar-refractivity contribution in [2.45, 2.75) is 25.5 Å². The van der Waals surface area contributed by atoms with E-state index in [1.807, 2.05) is 30.3 Å². The van der Waals surface area contributed by atoms with Gasteiger partial charge in [-0.2, -0.15) is 0 Å². The van der Waals surface area contributed by atoms with Crippen molar-refractivity contribution in [2.75, 3.05) is 26.3 Å². The van der Waals surface area contributed by atoms with Crippen LogP contribution in [0.4, 0.5) is 0 Å². The fourth-order valence-electron chi connectivity index (χ4n) is 3.06. The van der Waals surface area contributed by atoms with Gasteiger partial charge < -0.3 is 9.84 Å². The van der Waals surface area contributed by atoms with Gasteiger partial charge in [0.1, 0.15) is 0 Å². The molecule has 4 nitrogen and oxygen atoms in total. The number of pyridine rings is 1. The first kappa shape index (κ1) is 14.4. The predicted molar refractivity (Wildman–Crippen MR) is 83.2 cm³/mol. The van der Waals surface area contributed by atoms with Crippen molar-refractivity contribution in [3.05, 3.63) is 42.1 Å². The van der Waals surface area contributed by atoms with Crippen LogP contribution >= 0.6 is 0 Å². The van der Waals surface area contributed by atoms with Gasteiger partial charge in [0, 0.05) is 30.2 Å². The van der Waals surface area contributed by atoms with Gasteiger partial charge in [0.15, 0.2) is 0 Å². The summed E-state index contributed by atoms with van der Waals surface area (Å²) in [5.41, 5.74) is 1.53. The zero-order valence-corrected chi connectivity index (χ0v) is 12.6. The summed E-state index contributed by atoms with van der Waals surface area (Å²) in [6.45, 7) is 7.36. The van der Waals surface area contributed by atoms with E-state index in [0.717, 1.165) is 42.8 Å². The number of morpholine rings is 1. The van der Waals surface area contributed by atoms with Gasteiger partial charge in [-0.25, -0.2) is 0 Å². The van der Waals surface area contributed by atoms with E-state index < -0.39 is 6.10 Å². The number of rotatable bonds is 3. The van der Waals surface area contributed by atoms with Crippen LogP contribution in [-0.2, 0) is 4.74 Å². The van der Waals surface area contributed by atoms with E-state index in [9.17, 15) is 5.11 Å². The number of benzene rings is 1. The maximum absolute atomic E-state index is 11.0. The smallest absolute Gasteiger partial charge is 0.0974 e. The minimum atomic E-state index is -0.566. The van der Waals surface area contributed by atoms with Gasteiger partial charge >= 0.3 is 0 Å². The van der Waals surface area contributed by atoms with Gasteiger partial charge in [0.25, 0.3) is 0 Å². The third kappa shape index (κ3) is 2.67. The normalized spacial score (nSPS) is 18.8. The molecule has 2 heterocycles. The number of hydrogen-bond donors (Lipinski definition) is 1. The number of aliphatic hydroxyl groups excluding tert-OH is 1. The summed E-state index contributed by atoms with van der Waals surface area (Å²) in [5, 5.41) is 12.0. The largest absolute Gasteiger partial charge is 0.386 e. The van der Waals surface area contributed by atoms with Gasteiger partial charge in [0.05, 0.1) is 24.8 Å². The summed E-state index contributed by atoms with van der Waals surface area (Å²) in [6.07, 6.45) is 1.22. The number of hydrogen-bond acceptors (Lipinski definition) is 4. The van der Waals surface area contributed by atoms with E-state index in [0.29, 0.717) is 0 Å². The molecule has 21 heavy (non-hydrogen) atoms. The lowest BCUT2D eigenvalue weighted by Gasteiger charge is -2.44. The van der Waals surface area contributed by atoms with Gasteiger partial charge in [-0.3, -0.25) is 9.88 Å². The molecular formula is C17H22N2O2. The van der Waals surface area contributed by atoms with Crippen LogP contribution < -0.4 is 0 Å². The third-order valence-electron chi connectivity index (χ3n) is 4.47. The first-order chi connectivity index (χ1) is 10.1. The molecule has 0 saturated carbocycles. The van der Waals surface area contributed by atoms with Crippen molar-refractivity contribution in [1.82, 2.24) is 9.88 Å². The minimum absolute atomic E-state index is 0.339. The van der Waals surface area contributed by atoms with Crippen LogP contribution in [0.3, 0.4) is 0 Å². The Morgan fingerprint density at radius 1 is 1.19 bits per heavy atom. The van der Waals surface area contributed by atoms with E-state index in [1.54, 1.807) is 6.20 Å². The Kier molecular flexibility index (Phi) is 3.93. The second kappa shape index (κ2) is 5.72. The molecule has 1 aliphatic heterocycles. The van der Waals surface area contributed by atoms with Gasteiger partial charge in [-0.05, 0) is 31.5 Å². The van der Waals surface area contributed by atoms with E-state index in [1.165, 1.54) is 0 Å². The molecule has 1 unspecified atom stereocenters. The Balaban J connectivity index is 1.97. The van der Waals surface area contributed by atoms with Gasteiger partial charge in [-0.15, -0.1) is 0 Å². The van der Waals surface area contributed by atoms with Crippen molar-refractivity contribution in [1.29, 1.82) is 0 Å². The number of nitrogens with zero attached hydrogens (tertiary/aromatic N) is 2. The highest BCUT2D eigenvalue weighted by Gasteiger charge is 2.36. The van der Waals surface area contributed by atoms with Crippen molar-refractivity contribution in [3.8, 4) is 0 Å². The lowest BCUT2D eigenvalue weighted by Crippen LogP contribution is -2.53. The summed E-state index contributed by atoms with van der Waals surface area (Å²) in [4.78, 5) is 6.68. The van der Waals surface area contributed by atoms with Gasteiger partial charge in [-0.1, -0.05) is 18.2 Å². The molecule has 0 amide bonds. The molecule has 1 saturated heterocycles. The van der Waals surface area contributed by atoms with E-state index in [-0.39, 0.29) is 5.54 Å². The number of ether oxygens (including phenoxy) is 1. The van der Waals surface area contributed by atoms with Crippen LogP contribution in [0.15, 0.2) is 36.5 Å². The monoisotopic (exact) mass is 286 g/mol. The molecule has 1 aromatic heterocycles. The highest BCUT2D eigenvalue weighted by Crippen LogP contribution is 2.34. The summed E-state index contributed by atoms with van der Waals surface area (Å²) in [5.74, 6) is 0. The van der Waals surface area contributed by atoms with E-state index in [4.69, 9.17) is 4.74 Å². The Labute approximate surface area is 125 Å². The maximum Gasteiger partial charge on any atom is 0.0974 e. The minimum Gasteiger partial charge on any atom is -0.386 e. The van der Waals surface area contributed by atoms with Crippen molar-refractivity contribution in [2.24, 2.45) is 0 Å². The van der Waals surface area contributed by atoms with Crippen molar-refractivity contribution in [3.63, 3.8) is 0 Å². The summed E-state index contributed by atoms with van der Waals surface area (Å²) in [6, 6.07) is 9.88. The van der Waals surface area contributed by atoms with Crippen LogP contribution in [0, 0.1) is 0 Å². The molecule has 0 aliphatic carbocycles. The molecule has 0 radical (unpaired) electrons. The number of aliphatic hydroxyl groups is 1. The number of aromatic nitrogens is 1. The fraction of sp³-hybridized carbons (Fsp3) is 0.471. The molecule has 1 fully saturated rings. The van der Waals surface area contributed by atoms with E-state index in [2.05, 4.69) is 23.7 Å². The van der Waals surface area contributed by atoms with Crippen LogP contribution in [-0.4, -0.2) is 46.8 Å². The average molecular weight is 286 g/mol. The molecule has 1 atom stereocenters. The fourth-order valence-corrected chi connectivity index (χ4v) is 3.06. The summed E-state index contributed by atoms with van der Waals surface area (Å²) < 4.78 is 5.42. The second-order valence-electron chi connectivity index (χ2n) is 6.07. The Hall–Kier alpha value is -1.49. The van der Waals surface area contributed by atoms with Crippen LogP contribution in [0.1, 0.15) is 25.5 Å². The van der Waals surface area contributed by atoms with Gasteiger partial charge in [0.2, 0.25) is 0 Å². The molecule has 1 aromatic carbocycles. The van der Waals surface area contributed by atoms with Crippen LogP contribution in [0.25, 0.3) is 10.9 Å². The molecule has 4 heteroatoms. The highest BCUT2D eigenvalue weighted by molar-refractivity contribution is 5.82. The quantitative estimate of drug-likeness (QED) is 0.941. The molecule has 3 rings (SSSR count).